The van der Waals surface area contributed by atoms with Crippen molar-refractivity contribution in [2.24, 2.45) is 0 Å². The van der Waals surface area contributed by atoms with E-state index in [4.69, 9.17) is 0 Å². The van der Waals surface area contributed by atoms with Crippen LogP contribution >= 0.6 is 15.9 Å². The molecule has 0 bridgehead atoms. The van der Waals surface area contributed by atoms with Gasteiger partial charge in [-0.2, -0.15) is 0 Å². The van der Waals surface area contributed by atoms with Crippen LogP contribution in [0, 0.1) is 6.92 Å². The highest BCUT2D eigenvalue weighted by Crippen LogP contribution is 2.28. The SMILES string of the molecule is CCNC(=O)[C@H](CC)N(Cc1ccc(C)cc1)C(=O)CN(c1ccccc1Br)S(C)(=O)=O. The third-order valence-corrected chi connectivity index (χ3v) is 6.81. The van der Waals surface area contributed by atoms with Crippen molar-refractivity contribution in [3.63, 3.8) is 0 Å². The third-order valence-electron chi connectivity index (χ3n) is 5.01. The number of para-hydroxylation sites is 1. The third kappa shape index (κ3) is 6.80. The number of aryl methyl sites for hydroxylation is 1. The Hall–Kier alpha value is -2.39. The predicted molar refractivity (Wildman–Crippen MR) is 131 cm³/mol. The van der Waals surface area contributed by atoms with Gasteiger partial charge in [-0.25, -0.2) is 8.42 Å². The fourth-order valence-electron chi connectivity index (χ4n) is 3.35. The van der Waals surface area contributed by atoms with Crippen LogP contribution < -0.4 is 9.62 Å². The summed E-state index contributed by atoms with van der Waals surface area (Å²) in [6, 6.07) is 13.8. The Morgan fingerprint density at radius 1 is 1.06 bits per heavy atom. The normalized spacial score (nSPS) is 12.2. The quantitative estimate of drug-likeness (QED) is 0.516. The van der Waals surface area contributed by atoms with E-state index in [2.05, 4.69) is 21.2 Å². The Morgan fingerprint density at radius 2 is 1.69 bits per heavy atom. The number of halogens is 1. The lowest BCUT2D eigenvalue weighted by molar-refractivity contribution is -0.140. The number of nitrogens with zero attached hydrogens (tertiary/aromatic N) is 2. The van der Waals surface area contributed by atoms with Gasteiger partial charge in [0.15, 0.2) is 0 Å². The topological polar surface area (TPSA) is 86.8 Å². The maximum absolute atomic E-state index is 13.5. The molecule has 1 atom stereocenters. The minimum absolute atomic E-state index is 0.197. The molecule has 2 aromatic rings. The van der Waals surface area contributed by atoms with Gasteiger partial charge in [0.05, 0.1) is 11.9 Å². The van der Waals surface area contributed by atoms with Gasteiger partial charge in [-0.3, -0.25) is 13.9 Å². The summed E-state index contributed by atoms with van der Waals surface area (Å²) in [6.45, 7) is 5.84. The minimum atomic E-state index is -3.76. The van der Waals surface area contributed by atoms with E-state index in [1.54, 1.807) is 24.3 Å². The zero-order valence-electron chi connectivity index (χ0n) is 18.8. The molecule has 0 aromatic heterocycles. The Morgan fingerprint density at radius 3 is 2.22 bits per heavy atom. The molecule has 0 fully saturated rings. The summed E-state index contributed by atoms with van der Waals surface area (Å²) < 4.78 is 26.8. The minimum Gasteiger partial charge on any atom is -0.355 e. The molecule has 174 valence electrons. The second-order valence-corrected chi connectivity index (χ2v) is 10.3. The number of hydrogen-bond donors (Lipinski definition) is 1. The van der Waals surface area contributed by atoms with E-state index in [9.17, 15) is 18.0 Å². The van der Waals surface area contributed by atoms with Crippen LogP contribution in [0.25, 0.3) is 0 Å². The molecule has 0 radical (unpaired) electrons. The number of benzene rings is 2. The molecule has 0 aliphatic heterocycles. The predicted octanol–water partition coefficient (Wildman–Crippen LogP) is 3.47. The highest BCUT2D eigenvalue weighted by molar-refractivity contribution is 9.10. The first-order valence-electron chi connectivity index (χ1n) is 10.4. The molecule has 0 unspecified atom stereocenters. The average molecular weight is 524 g/mol. The average Bonchev–Trinajstić information content (AvgIpc) is 2.73. The van der Waals surface area contributed by atoms with Crippen LogP contribution in [0.5, 0.6) is 0 Å². The van der Waals surface area contributed by atoms with Crippen LogP contribution in [0.15, 0.2) is 53.0 Å². The molecule has 0 aliphatic carbocycles. The van der Waals surface area contributed by atoms with Crippen LogP contribution in [0.3, 0.4) is 0 Å². The summed E-state index contributed by atoms with van der Waals surface area (Å²) in [4.78, 5) is 27.7. The molecule has 7 nitrogen and oxygen atoms in total. The zero-order valence-corrected chi connectivity index (χ0v) is 21.2. The second-order valence-electron chi connectivity index (χ2n) is 7.55. The Labute approximate surface area is 199 Å². The fourth-order valence-corrected chi connectivity index (χ4v) is 4.83. The second kappa shape index (κ2) is 11.5. The highest BCUT2D eigenvalue weighted by Gasteiger charge is 2.31. The number of likely N-dealkylation sites (N-methyl/N-ethyl adjacent to an activating group) is 1. The highest BCUT2D eigenvalue weighted by atomic mass is 79.9. The molecule has 0 heterocycles. The molecular formula is C23H30BrN3O4S. The molecule has 0 saturated carbocycles. The van der Waals surface area contributed by atoms with Gasteiger partial charge in [0.25, 0.3) is 0 Å². The van der Waals surface area contributed by atoms with E-state index in [1.165, 1.54) is 4.90 Å². The maximum Gasteiger partial charge on any atom is 0.244 e. The number of carbonyl (C=O) groups is 2. The van der Waals surface area contributed by atoms with Crippen LogP contribution in [-0.2, 0) is 26.2 Å². The van der Waals surface area contributed by atoms with Crippen molar-refractivity contribution in [2.75, 3.05) is 23.7 Å². The van der Waals surface area contributed by atoms with E-state index >= 15 is 0 Å². The molecule has 2 aromatic carbocycles. The first-order valence-corrected chi connectivity index (χ1v) is 13.1. The van der Waals surface area contributed by atoms with Crippen molar-refractivity contribution < 1.29 is 18.0 Å². The van der Waals surface area contributed by atoms with Crippen molar-refractivity contribution in [1.29, 1.82) is 0 Å². The summed E-state index contributed by atoms with van der Waals surface area (Å²) in [5.74, 6) is -0.716. The number of carbonyl (C=O) groups excluding carboxylic acids is 2. The zero-order chi connectivity index (χ0) is 23.9. The molecule has 2 amide bonds. The van der Waals surface area contributed by atoms with E-state index in [0.717, 1.165) is 21.7 Å². The molecule has 9 heteroatoms. The van der Waals surface area contributed by atoms with Gasteiger partial charge in [-0.15, -0.1) is 0 Å². The number of sulfonamides is 1. The van der Waals surface area contributed by atoms with Crippen LogP contribution in [0.1, 0.15) is 31.4 Å². The van der Waals surface area contributed by atoms with Gasteiger partial charge in [0.1, 0.15) is 12.6 Å². The van der Waals surface area contributed by atoms with Crippen molar-refractivity contribution in [3.05, 3.63) is 64.1 Å². The Kier molecular flexibility index (Phi) is 9.27. The lowest BCUT2D eigenvalue weighted by Gasteiger charge is -2.33. The molecule has 1 N–H and O–H groups in total. The fraction of sp³-hybridized carbons (Fsp3) is 0.391. The molecule has 0 aliphatic rings. The molecule has 2 rings (SSSR count). The lowest BCUT2D eigenvalue weighted by atomic mass is 10.1. The van der Waals surface area contributed by atoms with Gasteiger partial charge in [0, 0.05) is 17.6 Å². The maximum atomic E-state index is 13.5. The number of rotatable bonds is 10. The van der Waals surface area contributed by atoms with Crippen molar-refractivity contribution in [1.82, 2.24) is 10.2 Å². The van der Waals surface area contributed by atoms with Gasteiger partial charge >= 0.3 is 0 Å². The number of nitrogens with one attached hydrogen (secondary N) is 1. The van der Waals surface area contributed by atoms with E-state index in [-0.39, 0.29) is 12.5 Å². The Balaban J connectivity index is 2.43. The van der Waals surface area contributed by atoms with Crippen molar-refractivity contribution in [3.8, 4) is 0 Å². The summed E-state index contributed by atoms with van der Waals surface area (Å²) in [6.07, 6.45) is 1.46. The van der Waals surface area contributed by atoms with Crippen molar-refractivity contribution >= 4 is 43.5 Å². The van der Waals surface area contributed by atoms with E-state index in [1.807, 2.05) is 45.0 Å². The van der Waals surface area contributed by atoms with Crippen LogP contribution in [0.4, 0.5) is 5.69 Å². The molecule has 0 spiro atoms. The number of anilines is 1. The monoisotopic (exact) mass is 523 g/mol. The molecule has 0 saturated heterocycles. The van der Waals surface area contributed by atoms with Crippen molar-refractivity contribution in [2.45, 2.75) is 39.8 Å². The first kappa shape index (κ1) is 25.9. The smallest absolute Gasteiger partial charge is 0.244 e. The van der Waals surface area contributed by atoms with Crippen LogP contribution in [-0.4, -0.2) is 50.5 Å². The number of hydrogen-bond acceptors (Lipinski definition) is 4. The first-order chi connectivity index (χ1) is 15.1. The van der Waals surface area contributed by atoms with Gasteiger partial charge in [-0.1, -0.05) is 48.9 Å². The molecule has 32 heavy (non-hydrogen) atoms. The largest absolute Gasteiger partial charge is 0.355 e. The van der Waals surface area contributed by atoms with Crippen LogP contribution in [0.2, 0.25) is 0 Å². The standard InChI is InChI=1S/C23H30BrN3O4S/c1-5-20(23(29)25-6-2)26(15-18-13-11-17(3)12-14-18)22(28)16-27(32(4,30)31)21-10-8-7-9-19(21)24/h7-14,20H,5-6,15-16H2,1-4H3,(H,25,29)/t20-/m0/s1. The van der Waals surface area contributed by atoms with Gasteiger partial charge in [0.2, 0.25) is 21.8 Å². The molecular weight excluding hydrogens is 494 g/mol. The Bertz CT molecular complexity index is 1040. The summed E-state index contributed by atoms with van der Waals surface area (Å²) in [5.41, 5.74) is 2.31. The summed E-state index contributed by atoms with van der Waals surface area (Å²) in [5, 5.41) is 2.78. The summed E-state index contributed by atoms with van der Waals surface area (Å²) in [7, 11) is -3.76. The summed E-state index contributed by atoms with van der Waals surface area (Å²) >= 11 is 3.37. The van der Waals surface area contributed by atoms with E-state index < -0.39 is 28.5 Å². The lowest BCUT2D eigenvalue weighted by Crippen LogP contribution is -2.52. The number of amides is 2. The van der Waals surface area contributed by atoms with E-state index in [0.29, 0.717) is 23.1 Å². The van der Waals surface area contributed by atoms with Gasteiger partial charge in [-0.05, 0) is 53.9 Å². The van der Waals surface area contributed by atoms with Gasteiger partial charge < -0.3 is 10.2 Å².